The molecule has 4 heteroatoms. The molecule has 2 aliphatic rings. The number of aliphatic hydroxyl groups is 1. The molecular weight excluding hydrogens is 276 g/mol. The van der Waals surface area contributed by atoms with E-state index in [0.717, 1.165) is 23.9 Å². The van der Waals surface area contributed by atoms with E-state index in [0.29, 0.717) is 25.9 Å². The lowest BCUT2D eigenvalue weighted by Crippen LogP contribution is -2.40. The van der Waals surface area contributed by atoms with Crippen LogP contribution in [0.2, 0.25) is 0 Å². The predicted octanol–water partition coefficient (Wildman–Crippen LogP) is 2.64. The van der Waals surface area contributed by atoms with Crippen molar-refractivity contribution in [3.05, 3.63) is 35.0 Å². The molecule has 1 aliphatic heterocycles. The van der Waals surface area contributed by atoms with E-state index in [1.165, 1.54) is 29.5 Å². The van der Waals surface area contributed by atoms with Crippen LogP contribution in [-0.4, -0.2) is 40.1 Å². The highest BCUT2D eigenvalue weighted by Crippen LogP contribution is 2.31. The highest BCUT2D eigenvalue weighted by molar-refractivity contribution is 6.06. The van der Waals surface area contributed by atoms with Crippen LogP contribution < -0.4 is 0 Å². The largest absolute Gasteiger partial charge is 0.393 e. The van der Waals surface area contributed by atoms with E-state index in [1.54, 1.807) is 0 Å². The summed E-state index contributed by atoms with van der Waals surface area (Å²) in [5.74, 6) is 0.0936. The number of aliphatic hydroxyl groups excluding tert-OH is 1. The maximum atomic E-state index is 12.9. The minimum absolute atomic E-state index is 0.0936. The lowest BCUT2D eigenvalue weighted by Gasteiger charge is -2.29. The first-order chi connectivity index (χ1) is 10.7. The minimum Gasteiger partial charge on any atom is -0.393 e. The monoisotopic (exact) mass is 298 g/mol. The molecule has 0 saturated carbocycles. The number of hydrogen-bond acceptors (Lipinski definition) is 2. The van der Waals surface area contributed by atoms with E-state index < -0.39 is 0 Å². The second kappa shape index (κ2) is 5.43. The molecule has 0 unspecified atom stereocenters. The van der Waals surface area contributed by atoms with Gasteiger partial charge in [-0.1, -0.05) is 12.1 Å². The molecule has 1 fully saturated rings. The maximum Gasteiger partial charge on any atom is 0.255 e. The summed E-state index contributed by atoms with van der Waals surface area (Å²) in [4.78, 5) is 18.3. The van der Waals surface area contributed by atoms with Gasteiger partial charge in [-0.25, -0.2) is 0 Å². The number of H-pyrrole nitrogens is 1. The first-order valence-electron chi connectivity index (χ1n) is 8.34. The Morgan fingerprint density at radius 2 is 1.95 bits per heavy atom. The lowest BCUT2D eigenvalue weighted by atomic mass is 9.95. The molecule has 4 rings (SSSR count). The van der Waals surface area contributed by atoms with Crippen molar-refractivity contribution in [1.82, 2.24) is 9.88 Å². The number of nitrogens with one attached hydrogen (secondary N) is 1. The molecule has 116 valence electrons. The van der Waals surface area contributed by atoms with Gasteiger partial charge < -0.3 is 15.0 Å². The molecule has 22 heavy (non-hydrogen) atoms. The fraction of sp³-hybridized carbons (Fsp3) is 0.500. The number of amides is 1. The summed E-state index contributed by atoms with van der Waals surface area (Å²) in [7, 11) is 0. The molecule has 1 aromatic heterocycles. The summed E-state index contributed by atoms with van der Waals surface area (Å²) >= 11 is 0. The van der Waals surface area contributed by atoms with Crippen LogP contribution >= 0.6 is 0 Å². The Balaban J connectivity index is 1.72. The van der Waals surface area contributed by atoms with E-state index in [9.17, 15) is 9.90 Å². The number of rotatable bonds is 1. The van der Waals surface area contributed by atoms with Crippen LogP contribution in [0.1, 0.15) is 47.3 Å². The maximum absolute atomic E-state index is 12.9. The number of para-hydroxylation sites is 1. The number of benzene rings is 1. The van der Waals surface area contributed by atoms with Crippen molar-refractivity contribution in [2.24, 2.45) is 0 Å². The second-order valence-corrected chi connectivity index (χ2v) is 6.54. The smallest absolute Gasteiger partial charge is 0.255 e. The van der Waals surface area contributed by atoms with Crippen LogP contribution in [0, 0.1) is 0 Å². The van der Waals surface area contributed by atoms with Crippen molar-refractivity contribution < 1.29 is 9.90 Å². The van der Waals surface area contributed by atoms with E-state index in [2.05, 4.69) is 11.1 Å². The van der Waals surface area contributed by atoms with Crippen molar-refractivity contribution in [2.45, 2.75) is 44.6 Å². The third-order valence-electron chi connectivity index (χ3n) is 5.12. The number of aromatic amines is 1. The first-order valence-corrected chi connectivity index (χ1v) is 8.34. The van der Waals surface area contributed by atoms with Crippen LogP contribution in [0.4, 0.5) is 0 Å². The molecule has 2 aromatic rings. The van der Waals surface area contributed by atoms with Gasteiger partial charge in [0.2, 0.25) is 0 Å². The molecule has 1 saturated heterocycles. The highest BCUT2D eigenvalue weighted by atomic mass is 16.3. The number of hydrogen-bond donors (Lipinski definition) is 2. The Labute approximate surface area is 130 Å². The molecule has 4 nitrogen and oxygen atoms in total. The Morgan fingerprint density at radius 1 is 1.18 bits per heavy atom. The van der Waals surface area contributed by atoms with E-state index in [4.69, 9.17) is 0 Å². The zero-order valence-corrected chi connectivity index (χ0v) is 12.8. The molecule has 2 heterocycles. The number of aromatic nitrogens is 1. The van der Waals surface area contributed by atoms with Crippen molar-refractivity contribution in [1.29, 1.82) is 0 Å². The highest BCUT2D eigenvalue weighted by Gasteiger charge is 2.25. The third-order valence-corrected chi connectivity index (χ3v) is 5.12. The SMILES string of the molecule is O=C(c1cccc2c3c([nH]c12)CCCC3)N1CCC(O)CC1. The zero-order chi connectivity index (χ0) is 15.1. The third kappa shape index (κ3) is 2.22. The first kappa shape index (κ1) is 13.8. The second-order valence-electron chi connectivity index (χ2n) is 6.54. The van der Waals surface area contributed by atoms with Gasteiger partial charge in [-0.05, 0) is 50.2 Å². The number of likely N-dealkylation sites (tertiary alicyclic amines) is 1. The summed E-state index contributed by atoms with van der Waals surface area (Å²) in [5, 5.41) is 10.8. The molecule has 2 N–H and O–H groups in total. The standard InChI is InChI=1S/C18H22N2O2/c21-12-8-10-20(11-9-12)18(22)15-6-3-5-14-13-4-1-2-7-16(13)19-17(14)15/h3,5-6,12,19,21H,1-2,4,7-11H2. The molecular formula is C18H22N2O2. The van der Waals surface area contributed by atoms with Gasteiger partial charge in [-0.2, -0.15) is 0 Å². The van der Waals surface area contributed by atoms with Gasteiger partial charge in [0.25, 0.3) is 5.91 Å². The Bertz CT molecular complexity index is 711. The topological polar surface area (TPSA) is 56.3 Å². The lowest BCUT2D eigenvalue weighted by molar-refractivity contribution is 0.0548. The Morgan fingerprint density at radius 3 is 2.77 bits per heavy atom. The number of fused-ring (bicyclic) bond motifs is 3. The van der Waals surface area contributed by atoms with Crippen molar-refractivity contribution in [3.8, 4) is 0 Å². The minimum atomic E-state index is -0.252. The summed E-state index contributed by atoms with van der Waals surface area (Å²) in [6.45, 7) is 1.30. The molecule has 0 spiro atoms. The Hall–Kier alpha value is -1.81. The Kier molecular flexibility index (Phi) is 3.41. The summed E-state index contributed by atoms with van der Waals surface area (Å²) in [6, 6.07) is 6.06. The number of carbonyl (C=O) groups excluding carboxylic acids is 1. The van der Waals surface area contributed by atoms with Gasteiger partial charge in [-0.3, -0.25) is 4.79 Å². The van der Waals surface area contributed by atoms with E-state index in [1.807, 2.05) is 17.0 Å². The van der Waals surface area contributed by atoms with Gasteiger partial charge >= 0.3 is 0 Å². The van der Waals surface area contributed by atoms with Crippen LogP contribution in [-0.2, 0) is 12.8 Å². The fourth-order valence-electron chi connectivity index (χ4n) is 3.85. The molecule has 1 aliphatic carbocycles. The van der Waals surface area contributed by atoms with Gasteiger partial charge in [0.05, 0.1) is 17.2 Å². The van der Waals surface area contributed by atoms with Gasteiger partial charge in [0.15, 0.2) is 0 Å². The summed E-state index contributed by atoms with van der Waals surface area (Å²) in [6.07, 6.45) is 5.79. The molecule has 0 radical (unpaired) electrons. The average molecular weight is 298 g/mol. The van der Waals surface area contributed by atoms with Crippen LogP contribution in [0.15, 0.2) is 18.2 Å². The van der Waals surface area contributed by atoms with E-state index in [-0.39, 0.29) is 12.0 Å². The summed E-state index contributed by atoms with van der Waals surface area (Å²) < 4.78 is 0. The van der Waals surface area contributed by atoms with E-state index >= 15 is 0 Å². The van der Waals surface area contributed by atoms with Crippen LogP contribution in [0.5, 0.6) is 0 Å². The van der Waals surface area contributed by atoms with Gasteiger partial charge in [0.1, 0.15) is 0 Å². The van der Waals surface area contributed by atoms with Crippen molar-refractivity contribution in [2.75, 3.05) is 13.1 Å². The van der Waals surface area contributed by atoms with Crippen molar-refractivity contribution >= 4 is 16.8 Å². The molecule has 1 amide bonds. The fourth-order valence-corrected chi connectivity index (χ4v) is 3.85. The summed E-state index contributed by atoms with van der Waals surface area (Å²) in [5.41, 5.74) is 4.51. The van der Waals surface area contributed by atoms with Gasteiger partial charge in [0, 0.05) is 24.2 Å². The number of carbonyl (C=O) groups is 1. The van der Waals surface area contributed by atoms with Crippen LogP contribution in [0.3, 0.4) is 0 Å². The molecule has 0 atom stereocenters. The van der Waals surface area contributed by atoms with Crippen LogP contribution in [0.25, 0.3) is 10.9 Å². The number of piperidine rings is 1. The number of aryl methyl sites for hydroxylation is 2. The number of nitrogens with zero attached hydrogens (tertiary/aromatic N) is 1. The normalized spacial score (nSPS) is 19.4. The molecule has 0 bridgehead atoms. The quantitative estimate of drug-likeness (QED) is 0.850. The molecule has 1 aromatic carbocycles. The van der Waals surface area contributed by atoms with Gasteiger partial charge in [-0.15, -0.1) is 0 Å². The average Bonchev–Trinajstić information content (AvgIpc) is 2.93. The predicted molar refractivity (Wildman–Crippen MR) is 86.1 cm³/mol. The van der Waals surface area contributed by atoms with Crippen molar-refractivity contribution in [3.63, 3.8) is 0 Å². The zero-order valence-electron chi connectivity index (χ0n) is 12.8.